The molecular weight excluding hydrogens is 322 g/mol. The van der Waals surface area contributed by atoms with Crippen LogP contribution >= 0.6 is 15.9 Å². The zero-order valence-corrected chi connectivity index (χ0v) is 12.4. The summed E-state index contributed by atoms with van der Waals surface area (Å²) in [5.74, 6) is -0.367. The van der Waals surface area contributed by atoms with Crippen LogP contribution in [0.15, 0.2) is 28.7 Å². The molecule has 0 aromatic heterocycles. The number of rotatable bonds is 6. The van der Waals surface area contributed by atoms with Gasteiger partial charge in [0, 0.05) is 27.9 Å². The molecule has 20 heavy (non-hydrogen) atoms. The summed E-state index contributed by atoms with van der Waals surface area (Å²) in [6.07, 6.45) is 5.11. The maximum atomic E-state index is 10.6. The number of nitrogens with zero attached hydrogens (tertiary/aromatic N) is 1. The van der Waals surface area contributed by atoms with Crippen molar-refractivity contribution in [1.29, 1.82) is 5.26 Å². The highest BCUT2D eigenvalue weighted by atomic mass is 79.9. The highest BCUT2D eigenvalue weighted by molar-refractivity contribution is 9.10. The van der Waals surface area contributed by atoms with Crippen molar-refractivity contribution in [1.82, 2.24) is 0 Å². The van der Waals surface area contributed by atoms with E-state index in [1.54, 1.807) is 12.1 Å². The zero-order valence-electron chi connectivity index (χ0n) is 10.8. The molecule has 1 aliphatic carbocycles. The standard InChI is InChI=1S/C15H14BrNO3/c16-12-2-3-13(11(9-12)1-4-14(18)19)20-10-15(5-6-15)7-8-17/h1-4,9H,5-7,10H2,(H,18,19). The molecule has 0 saturated heterocycles. The number of hydrogen-bond acceptors (Lipinski definition) is 3. The Morgan fingerprint density at radius 2 is 2.30 bits per heavy atom. The fourth-order valence-electron chi connectivity index (χ4n) is 1.89. The minimum absolute atomic E-state index is 0.00436. The lowest BCUT2D eigenvalue weighted by atomic mass is 10.1. The molecule has 1 aromatic carbocycles. The maximum Gasteiger partial charge on any atom is 0.328 e. The summed E-state index contributed by atoms with van der Waals surface area (Å²) in [4.78, 5) is 10.6. The summed E-state index contributed by atoms with van der Waals surface area (Å²) in [6.45, 7) is 0.496. The van der Waals surface area contributed by atoms with Gasteiger partial charge in [-0.2, -0.15) is 5.26 Å². The summed E-state index contributed by atoms with van der Waals surface area (Å²) in [7, 11) is 0. The number of carboxylic acid groups (broad SMARTS) is 1. The first-order chi connectivity index (χ1) is 9.54. The predicted molar refractivity (Wildman–Crippen MR) is 78.2 cm³/mol. The Morgan fingerprint density at radius 3 is 2.90 bits per heavy atom. The molecule has 0 atom stereocenters. The number of ether oxygens (including phenoxy) is 1. The average Bonchev–Trinajstić information content (AvgIpc) is 3.16. The molecule has 0 aliphatic heterocycles. The van der Waals surface area contributed by atoms with Crippen molar-refractivity contribution in [2.45, 2.75) is 19.3 Å². The SMILES string of the molecule is N#CCC1(COc2ccc(Br)cc2C=CC(=O)O)CC1. The summed E-state index contributed by atoms with van der Waals surface area (Å²) >= 11 is 3.35. The van der Waals surface area contributed by atoms with Crippen LogP contribution < -0.4 is 4.74 Å². The first kappa shape index (κ1) is 14.6. The van der Waals surface area contributed by atoms with Gasteiger partial charge >= 0.3 is 5.97 Å². The summed E-state index contributed by atoms with van der Waals surface area (Å²) < 4.78 is 6.64. The first-order valence-corrected chi connectivity index (χ1v) is 7.04. The van der Waals surface area contributed by atoms with Gasteiger partial charge in [-0.05, 0) is 37.1 Å². The fourth-order valence-corrected chi connectivity index (χ4v) is 2.27. The van der Waals surface area contributed by atoms with Crippen LogP contribution in [0.4, 0.5) is 0 Å². The topological polar surface area (TPSA) is 70.3 Å². The third kappa shape index (κ3) is 3.84. The van der Waals surface area contributed by atoms with Crippen molar-refractivity contribution in [3.63, 3.8) is 0 Å². The molecule has 0 amide bonds. The Bertz CT molecular complexity index is 585. The van der Waals surface area contributed by atoms with Crippen LogP contribution in [0, 0.1) is 16.7 Å². The van der Waals surface area contributed by atoms with Crippen molar-refractivity contribution < 1.29 is 14.6 Å². The largest absolute Gasteiger partial charge is 0.492 e. The second kappa shape index (κ2) is 6.10. The highest BCUT2D eigenvalue weighted by Crippen LogP contribution is 2.48. The van der Waals surface area contributed by atoms with Crippen LogP contribution in [0.3, 0.4) is 0 Å². The van der Waals surface area contributed by atoms with Crippen LogP contribution in [0.2, 0.25) is 0 Å². The van der Waals surface area contributed by atoms with Gasteiger partial charge in [0.2, 0.25) is 0 Å². The monoisotopic (exact) mass is 335 g/mol. The molecule has 0 heterocycles. The molecule has 0 bridgehead atoms. The maximum absolute atomic E-state index is 10.6. The van der Waals surface area contributed by atoms with E-state index in [9.17, 15) is 4.79 Å². The van der Waals surface area contributed by atoms with Gasteiger partial charge in [0.25, 0.3) is 0 Å². The van der Waals surface area contributed by atoms with E-state index in [4.69, 9.17) is 15.1 Å². The molecule has 1 saturated carbocycles. The number of carboxylic acids is 1. The lowest BCUT2D eigenvalue weighted by molar-refractivity contribution is -0.131. The van der Waals surface area contributed by atoms with Gasteiger partial charge in [-0.25, -0.2) is 4.79 Å². The second-order valence-electron chi connectivity index (χ2n) is 4.98. The van der Waals surface area contributed by atoms with Crippen LogP contribution in [0.5, 0.6) is 5.75 Å². The van der Waals surface area contributed by atoms with E-state index < -0.39 is 5.97 Å². The third-order valence-corrected chi connectivity index (χ3v) is 3.82. The predicted octanol–water partition coefficient (Wildman–Crippen LogP) is 3.62. The van der Waals surface area contributed by atoms with Crippen molar-refractivity contribution in [2.75, 3.05) is 6.61 Å². The van der Waals surface area contributed by atoms with Crippen LogP contribution in [-0.2, 0) is 4.79 Å². The molecule has 0 spiro atoms. The molecule has 0 radical (unpaired) electrons. The van der Waals surface area contributed by atoms with Crippen molar-refractivity contribution in [3.05, 3.63) is 34.3 Å². The smallest absolute Gasteiger partial charge is 0.328 e. The molecule has 1 aliphatic rings. The Hall–Kier alpha value is -1.80. The summed E-state index contributed by atoms with van der Waals surface area (Å²) in [6, 6.07) is 7.64. The number of nitriles is 1. The van der Waals surface area contributed by atoms with E-state index in [0.29, 0.717) is 24.3 Å². The fraction of sp³-hybridized carbons (Fsp3) is 0.333. The van der Waals surface area contributed by atoms with E-state index in [1.807, 2.05) is 6.07 Å². The number of halogens is 1. The number of hydrogen-bond donors (Lipinski definition) is 1. The molecule has 0 unspecified atom stereocenters. The minimum atomic E-state index is -1.00. The van der Waals surface area contributed by atoms with Gasteiger partial charge < -0.3 is 9.84 Å². The van der Waals surface area contributed by atoms with E-state index in [1.165, 1.54) is 6.08 Å². The molecule has 4 nitrogen and oxygen atoms in total. The summed E-state index contributed by atoms with van der Waals surface area (Å²) in [5, 5.41) is 17.5. The quantitative estimate of drug-likeness (QED) is 0.806. The van der Waals surface area contributed by atoms with Crippen molar-refractivity contribution >= 4 is 28.0 Å². The Morgan fingerprint density at radius 1 is 1.55 bits per heavy atom. The van der Waals surface area contributed by atoms with Gasteiger partial charge in [-0.15, -0.1) is 0 Å². The van der Waals surface area contributed by atoms with Gasteiger partial charge in [-0.1, -0.05) is 15.9 Å². The normalized spacial score (nSPS) is 15.8. The molecule has 1 aromatic rings. The molecule has 1 fully saturated rings. The number of aliphatic carboxylic acids is 1. The minimum Gasteiger partial charge on any atom is -0.492 e. The third-order valence-electron chi connectivity index (χ3n) is 3.32. The van der Waals surface area contributed by atoms with E-state index in [0.717, 1.165) is 23.4 Å². The number of carbonyl (C=O) groups is 1. The van der Waals surface area contributed by atoms with Crippen LogP contribution in [-0.4, -0.2) is 17.7 Å². The van der Waals surface area contributed by atoms with Gasteiger partial charge in [0.05, 0.1) is 12.7 Å². The number of benzene rings is 1. The van der Waals surface area contributed by atoms with E-state index >= 15 is 0 Å². The lowest BCUT2D eigenvalue weighted by Gasteiger charge is -2.14. The van der Waals surface area contributed by atoms with Crippen LogP contribution in [0.25, 0.3) is 6.08 Å². The molecule has 2 rings (SSSR count). The van der Waals surface area contributed by atoms with Crippen LogP contribution in [0.1, 0.15) is 24.8 Å². The molecule has 104 valence electrons. The first-order valence-electron chi connectivity index (χ1n) is 6.25. The Kier molecular flexibility index (Phi) is 4.46. The second-order valence-corrected chi connectivity index (χ2v) is 5.89. The van der Waals surface area contributed by atoms with Gasteiger partial charge in [0.15, 0.2) is 0 Å². The average molecular weight is 336 g/mol. The Balaban J connectivity index is 2.11. The molecular formula is C15H14BrNO3. The van der Waals surface area contributed by atoms with E-state index in [2.05, 4.69) is 22.0 Å². The van der Waals surface area contributed by atoms with Gasteiger partial charge in [0.1, 0.15) is 5.75 Å². The molecule has 1 N–H and O–H groups in total. The van der Waals surface area contributed by atoms with Crippen molar-refractivity contribution in [2.24, 2.45) is 5.41 Å². The molecule has 5 heteroatoms. The van der Waals surface area contributed by atoms with Gasteiger partial charge in [-0.3, -0.25) is 0 Å². The summed E-state index contributed by atoms with van der Waals surface area (Å²) in [5.41, 5.74) is 0.699. The lowest BCUT2D eigenvalue weighted by Crippen LogP contribution is -2.12. The highest BCUT2D eigenvalue weighted by Gasteiger charge is 2.43. The van der Waals surface area contributed by atoms with Crippen molar-refractivity contribution in [3.8, 4) is 11.8 Å². The van der Waals surface area contributed by atoms with E-state index in [-0.39, 0.29) is 5.41 Å². The Labute approximate surface area is 125 Å². The zero-order chi connectivity index (χ0) is 14.6.